The number of benzene rings is 7. The van der Waals surface area contributed by atoms with Crippen molar-refractivity contribution in [1.29, 1.82) is 0 Å². The molecule has 6 nitrogen and oxygen atoms in total. The molecule has 7 aromatic carbocycles. The van der Waals surface area contributed by atoms with E-state index in [1.54, 1.807) is 0 Å². The summed E-state index contributed by atoms with van der Waals surface area (Å²) in [6, 6.07) is 59.1. The summed E-state index contributed by atoms with van der Waals surface area (Å²) in [7, 11) is 2.19. The first kappa shape index (κ1) is 38.6. The molecule has 310 valence electrons. The molecule has 6 heteroatoms. The molecule has 0 saturated heterocycles. The standard InChI is InChI=1S/C57H51N5O/c1-56(2,3)37-26-28-45(47-21-15-20-46-43-19-8-10-22-48(43)59(7)55(46)47)52(32-37)61-36-60(50-24-12-13-25-51(50)61)39-16-14-17-40(34-39)63-41-27-29-44-42-18-9-11-23-49(42)62(53(44)35-41)54-33-38(30-31-58-54)57(4,5)6/h8-35H,36H2,1-7H3. The van der Waals surface area contributed by atoms with Crippen LogP contribution in [0.4, 0.5) is 22.7 Å². The van der Waals surface area contributed by atoms with E-state index in [4.69, 9.17) is 9.72 Å². The maximum atomic E-state index is 6.78. The molecule has 0 fully saturated rings. The number of rotatable bonds is 6. The van der Waals surface area contributed by atoms with Crippen LogP contribution in [0.25, 0.3) is 60.6 Å². The van der Waals surface area contributed by atoms with E-state index in [0.29, 0.717) is 6.67 Å². The Hall–Kier alpha value is -7.31. The van der Waals surface area contributed by atoms with Crippen molar-refractivity contribution in [1.82, 2.24) is 14.1 Å². The zero-order valence-electron chi connectivity index (χ0n) is 37.0. The summed E-state index contributed by atoms with van der Waals surface area (Å²) in [4.78, 5) is 9.78. The number of hydrogen-bond donors (Lipinski definition) is 0. The highest BCUT2D eigenvalue weighted by Crippen LogP contribution is 2.49. The van der Waals surface area contributed by atoms with E-state index in [1.807, 2.05) is 12.3 Å². The molecule has 0 aliphatic carbocycles. The van der Waals surface area contributed by atoms with Gasteiger partial charge in [-0.2, -0.15) is 0 Å². The molecule has 0 atom stereocenters. The first-order chi connectivity index (χ1) is 30.4. The highest BCUT2D eigenvalue weighted by atomic mass is 16.5. The lowest BCUT2D eigenvalue weighted by molar-refractivity contribution is 0.483. The fraction of sp³-hybridized carbons (Fsp3) is 0.175. The quantitative estimate of drug-likeness (QED) is 0.167. The van der Waals surface area contributed by atoms with Gasteiger partial charge in [-0.15, -0.1) is 0 Å². The number of para-hydroxylation sites is 5. The van der Waals surface area contributed by atoms with Gasteiger partial charge in [0.2, 0.25) is 0 Å². The molecule has 11 rings (SSSR count). The minimum atomic E-state index is -0.0338. The van der Waals surface area contributed by atoms with Crippen LogP contribution in [-0.4, -0.2) is 20.8 Å². The third-order valence-corrected chi connectivity index (χ3v) is 13.0. The summed E-state index contributed by atoms with van der Waals surface area (Å²) >= 11 is 0. The Morgan fingerprint density at radius 2 is 1.11 bits per heavy atom. The average molecular weight is 822 g/mol. The van der Waals surface area contributed by atoms with Crippen LogP contribution in [0.15, 0.2) is 170 Å². The first-order valence-electron chi connectivity index (χ1n) is 22.0. The molecule has 0 bridgehead atoms. The maximum absolute atomic E-state index is 6.78. The van der Waals surface area contributed by atoms with Gasteiger partial charge in [0.25, 0.3) is 0 Å². The molecule has 0 saturated carbocycles. The molecule has 63 heavy (non-hydrogen) atoms. The van der Waals surface area contributed by atoms with Crippen molar-refractivity contribution in [2.75, 3.05) is 16.5 Å². The van der Waals surface area contributed by atoms with Crippen LogP contribution in [0.2, 0.25) is 0 Å². The third kappa shape index (κ3) is 6.43. The molecule has 1 aliphatic rings. The van der Waals surface area contributed by atoms with Crippen LogP contribution < -0.4 is 14.5 Å². The minimum Gasteiger partial charge on any atom is -0.457 e. The first-order valence-corrected chi connectivity index (χ1v) is 22.0. The summed E-state index contributed by atoms with van der Waals surface area (Å²) in [6.07, 6.45) is 1.92. The minimum absolute atomic E-state index is 0.00640. The van der Waals surface area contributed by atoms with Crippen LogP contribution in [0.1, 0.15) is 52.7 Å². The number of aromatic nitrogens is 3. The SMILES string of the molecule is Cn1c2ccccc2c2cccc(-c3ccc(C(C)(C)C)cc3N3CN(c4cccc(Oc5ccc6c7ccccc7n(-c7cc(C(C)(C)C)ccn7)c6c5)c4)c4ccccc43)c21. The predicted molar refractivity (Wildman–Crippen MR) is 264 cm³/mol. The van der Waals surface area contributed by atoms with E-state index in [-0.39, 0.29) is 10.8 Å². The topological polar surface area (TPSA) is 38.5 Å². The number of hydrogen-bond acceptors (Lipinski definition) is 4. The van der Waals surface area contributed by atoms with Crippen LogP contribution in [0, 0.1) is 0 Å². The van der Waals surface area contributed by atoms with Gasteiger partial charge >= 0.3 is 0 Å². The molecule has 10 aromatic rings. The third-order valence-electron chi connectivity index (χ3n) is 13.0. The molecule has 1 aliphatic heterocycles. The Bertz CT molecular complexity index is 3410. The summed E-state index contributed by atoms with van der Waals surface area (Å²) in [6.45, 7) is 14.3. The van der Waals surface area contributed by atoms with Gasteiger partial charge in [0.05, 0.1) is 33.6 Å². The number of aryl methyl sites for hydroxylation is 1. The van der Waals surface area contributed by atoms with E-state index in [2.05, 4.69) is 225 Å². The monoisotopic (exact) mass is 821 g/mol. The fourth-order valence-corrected chi connectivity index (χ4v) is 9.66. The van der Waals surface area contributed by atoms with Crippen molar-refractivity contribution in [2.24, 2.45) is 7.05 Å². The second-order valence-electron chi connectivity index (χ2n) is 19.0. The molecule has 4 heterocycles. The van der Waals surface area contributed by atoms with Crippen molar-refractivity contribution >= 4 is 66.4 Å². The van der Waals surface area contributed by atoms with Crippen LogP contribution in [0.5, 0.6) is 11.5 Å². The average Bonchev–Trinajstić information content (AvgIpc) is 3.93. The lowest BCUT2D eigenvalue weighted by atomic mass is 9.85. The summed E-state index contributed by atoms with van der Waals surface area (Å²) in [5, 5.41) is 4.89. The number of nitrogens with zero attached hydrogens (tertiary/aromatic N) is 5. The second-order valence-corrected chi connectivity index (χ2v) is 19.0. The summed E-state index contributed by atoms with van der Waals surface area (Å²) < 4.78 is 11.4. The van der Waals surface area contributed by atoms with Crippen LogP contribution >= 0.6 is 0 Å². The van der Waals surface area contributed by atoms with E-state index in [0.717, 1.165) is 45.1 Å². The molecule has 0 N–H and O–H groups in total. The van der Waals surface area contributed by atoms with Gasteiger partial charge in [-0.25, -0.2) is 4.98 Å². The fourth-order valence-electron chi connectivity index (χ4n) is 9.66. The number of pyridine rings is 1. The second kappa shape index (κ2) is 14.4. The van der Waals surface area contributed by atoms with Gasteiger partial charge in [-0.3, -0.25) is 4.57 Å². The lowest BCUT2D eigenvalue weighted by Crippen LogP contribution is -2.25. The zero-order valence-corrected chi connectivity index (χ0v) is 37.0. The van der Waals surface area contributed by atoms with Gasteiger partial charge < -0.3 is 19.1 Å². The Kier molecular flexibility index (Phi) is 8.81. The normalized spacial score (nSPS) is 13.2. The van der Waals surface area contributed by atoms with Gasteiger partial charge in [0, 0.05) is 69.3 Å². The van der Waals surface area contributed by atoms with Gasteiger partial charge in [-0.05, 0) is 88.7 Å². The Balaban J connectivity index is 0.984. The molecule has 0 spiro atoms. The number of anilines is 4. The molecule has 0 amide bonds. The summed E-state index contributed by atoms with van der Waals surface area (Å²) in [5.74, 6) is 2.44. The van der Waals surface area contributed by atoms with E-state index < -0.39 is 0 Å². The van der Waals surface area contributed by atoms with E-state index in [9.17, 15) is 0 Å². The Morgan fingerprint density at radius 1 is 0.476 bits per heavy atom. The highest BCUT2D eigenvalue weighted by Gasteiger charge is 2.31. The highest BCUT2D eigenvalue weighted by molar-refractivity contribution is 6.14. The largest absolute Gasteiger partial charge is 0.457 e. The predicted octanol–water partition coefficient (Wildman–Crippen LogP) is 15.1. The maximum Gasteiger partial charge on any atom is 0.137 e. The Morgan fingerprint density at radius 3 is 1.89 bits per heavy atom. The number of fused-ring (bicyclic) bond motifs is 7. The van der Waals surface area contributed by atoms with Crippen LogP contribution in [-0.2, 0) is 17.9 Å². The zero-order chi connectivity index (χ0) is 43.2. The molecule has 3 aromatic heterocycles. The molecule has 0 radical (unpaired) electrons. The van der Waals surface area contributed by atoms with Gasteiger partial charge in [0.1, 0.15) is 24.0 Å². The van der Waals surface area contributed by atoms with E-state index >= 15 is 0 Å². The molecular weight excluding hydrogens is 771 g/mol. The number of ether oxygens (including phenoxy) is 1. The van der Waals surface area contributed by atoms with Crippen molar-refractivity contribution in [3.8, 4) is 28.4 Å². The van der Waals surface area contributed by atoms with Crippen molar-refractivity contribution in [3.05, 3.63) is 181 Å². The van der Waals surface area contributed by atoms with Crippen molar-refractivity contribution in [3.63, 3.8) is 0 Å². The van der Waals surface area contributed by atoms with Crippen molar-refractivity contribution in [2.45, 2.75) is 52.4 Å². The van der Waals surface area contributed by atoms with Gasteiger partial charge in [-0.1, -0.05) is 126 Å². The van der Waals surface area contributed by atoms with Gasteiger partial charge in [0.15, 0.2) is 0 Å². The lowest BCUT2D eigenvalue weighted by Gasteiger charge is -2.28. The molecule has 0 unspecified atom stereocenters. The summed E-state index contributed by atoms with van der Waals surface area (Å²) in [5.41, 5.74) is 14.2. The molecular formula is C57H51N5O. The van der Waals surface area contributed by atoms with Crippen molar-refractivity contribution < 1.29 is 4.74 Å². The Labute approximate surface area is 369 Å². The van der Waals surface area contributed by atoms with Crippen LogP contribution in [0.3, 0.4) is 0 Å². The van der Waals surface area contributed by atoms with E-state index in [1.165, 1.54) is 60.8 Å². The smallest absolute Gasteiger partial charge is 0.137 e.